The number of hydrogen-bond acceptors (Lipinski definition) is 3. The van der Waals surface area contributed by atoms with Gasteiger partial charge in [0.25, 0.3) is 0 Å². The van der Waals surface area contributed by atoms with Crippen molar-refractivity contribution in [1.29, 1.82) is 0 Å². The third-order valence-corrected chi connectivity index (χ3v) is 2.94. The Labute approximate surface area is 109 Å². The highest BCUT2D eigenvalue weighted by Gasteiger charge is 2.12. The van der Waals surface area contributed by atoms with Gasteiger partial charge in [0.2, 0.25) is 0 Å². The van der Waals surface area contributed by atoms with Crippen molar-refractivity contribution < 1.29 is 14.2 Å². The largest absolute Gasteiger partial charge is 0.389 e. The van der Waals surface area contributed by atoms with Crippen LogP contribution in [0.25, 0.3) is 0 Å². The van der Waals surface area contributed by atoms with E-state index in [0.29, 0.717) is 12.1 Å². The maximum atomic E-state index is 13.5. The van der Waals surface area contributed by atoms with Crippen LogP contribution in [0.5, 0.6) is 0 Å². The van der Waals surface area contributed by atoms with E-state index in [2.05, 4.69) is 21.2 Å². The van der Waals surface area contributed by atoms with Gasteiger partial charge in [-0.3, -0.25) is 0 Å². The average Bonchev–Trinajstić information content (AvgIpc) is 2.29. The van der Waals surface area contributed by atoms with Crippen LogP contribution in [0.4, 0.5) is 4.39 Å². The molecule has 0 fully saturated rings. The number of ether oxygens (including phenoxy) is 1. The van der Waals surface area contributed by atoms with Crippen LogP contribution < -0.4 is 5.32 Å². The fourth-order valence-electron chi connectivity index (χ4n) is 1.52. The van der Waals surface area contributed by atoms with E-state index in [0.717, 1.165) is 4.47 Å². The van der Waals surface area contributed by atoms with Crippen molar-refractivity contribution in [2.45, 2.75) is 19.1 Å². The standard InChI is InChI=1S/C12H17BrFNO2/c1-8(15-6-10(16)7-17-2)11-5-9(13)3-4-12(11)14/h3-5,8,10,15-16H,6-7H2,1-2H3. The van der Waals surface area contributed by atoms with Crippen molar-refractivity contribution in [2.24, 2.45) is 0 Å². The Bertz CT molecular complexity index is 362. The van der Waals surface area contributed by atoms with Crippen molar-refractivity contribution in [1.82, 2.24) is 5.32 Å². The molecule has 2 N–H and O–H groups in total. The van der Waals surface area contributed by atoms with Gasteiger partial charge in [-0.15, -0.1) is 0 Å². The molecule has 0 aliphatic heterocycles. The molecule has 0 heterocycles. The Balaban J connectivity index is 2.57. The molecule has 0 saturated carbocycles. The van der Waals surface area contributed by atoms with Gasteiger partial charge in [0.15, 0.2) is 0 Å². The molecule has 0 aliphatic rings. The molecule has 0 aromatic heterocycles. The second-order valence-corrected chi connectivity index (χ2v) is 4.82. The van der Waals surface area contributed by atoms with Crippen LogP contribution in [0.3, 0.4) is 0 Å². The molecule has 1 aromatic rings. The summed E-state index contributed by atoms with van der Waals surface area (Å²) in [6.07, 6.45) is -0.585. The summed E-state index contributed by atoms with van der Waals surface area (Å²) in [5, 5.41) is 12.5. The minimum Gasteiger partial charge on any atom is -0.389 e. The van der Waals surface area contributed by atoms with Gasteiger partial charge in [0, 0.05) is 29.7 Å². The number of benzene rings is 1. The van der Waals surface area contributed by atoms with Gasteiger partial charge in [0.05, 0.1) is 12.7 Å². The number of aliphatic hydroxyl groups is 1. The van der Waals surface area contributed by atoms with Crippen LogP contribution in [-0.2, 0) is 4.74 Å². The predicted octanol–water partition coefficient (Wildman–Crippen LogP) is 2.25. The molecule has 17 heavy (non-hydrogen) atoms. The molecule has 3 nitrogen and oxygen atoms in total. The Morgan fingerprint density at radius 1 is 1.53 bits per heavy atom. The number of methoxy groups -OCH3 is 1. The lowest BCUT2D eigenvalue weighted by molar-refractivity contribution is 0.0630. The van der Waals surface area contributed by atoms with Gasteiger partial charge in [-0.2, -0.15) is 0 Å². The van der Waals surface area contributed by atoms with Crippen LogP contribution in [0.15, 0.2) is 22.7 Å². The third kappa shape index (κ3) is 4.71. The van der Waals surface area contributed by atoms with Gasteiger partial charge in [0.1, 0.15) is 5.82 Å². The molecule has 96 valence electrons. The van der Waals surface area contributed by atoms with Gasteiger partial charge >= 0.3 is 0 Å². The minimum atomic E-state index is -0.585. The number of rotatable bonds is 6. The first-order valence-electron chi connectivity index (χ1n) is 5.40. The number of nitrogens with one attached hydrogen (secondary N) is 1. The molecular weight excluding hydrogens is 289 g/mol. The van der Waals surface area contributed by atoms with Gasteiger partial charge in [-0.25, -0.2) is 4.39 Å². The van der Waals surface area contributed by atoms with Crippen molar-refractivity contribution >= 4 is 15.9 Å². The molecule has 2 unspecified atom stereocenters. The van der Waals surface area contributed by atoms with Gasteiger partial charge in [-0.05, 0) is 25.1 Å². The summed E-state index contributed by atoms with van der Waals surface area (Å²) in [5.74, 6) is -0.255. The van der Waals surface area contributed by atoms with Crippen LogP contribution in [0, 0.1) is 5.82 Å². The zero-order chi connectivity index (χ0) is 12.8. The smallest absolute Gasteiger partial charge is 0.128 e. The van der Waals surface area contributed by atoms with Crippen molar-refractivity contribution in [2.75, 3.05) is 20.3 Å². The Morgan fingerprint density at radius 2 is 2.24 bits per heavy atom. The Hall–Kier alpha value is -0.490. The van der Waals surface area contributed by atoms with Crippen LogP contribution in [0.1, 0.15) is 18.5 Å². The summed E-state index contributed by atoms with van der Waals surface area (Å²) in [4.78, 5) is 0. The van der Waals surface area contributed by atoms with Crippen molar-refractivity contribution in [3.05, 3.63) is 34.1 Å². The molecule has 0 bridgehead atoms. The highest BCUT2D eigenvalue weighted by molar-refractivity contribution is 9.10. The zero-order valence-corrected chi connectivity index (χ0v) is 11.5. The van der Waals surface area contributed by atoms with E-state index in [4.69, 9.17) is 4.74 Å². The molecule has 0 radical (unpaired) electrons. The van der Waals surface area contributed by atoms with Gasteiger partial charge < -0.3 is 15.2 Å². The maximum absolute atomic E-state index is 13.5. The highest BCUT2D eigenvalue weighted by atomic mass is 79.9. The van der Waals surface area contributed by atoms with Gasteiger partial charge in [-0.1, -0.05) is 15.9 Å². The maximum Gasteiger partial charge on any atom is 0.128 e. The quantitative estimate of drug-likeness (QED) is 0.847. The fourth-order valence-corrected chi connectivity index (χ4v) is 1.90. The molecule has 0 spiro atoms. The Morgan fingerprint density at radius 3 is 2.88 bits per heavy atom. The monoisotopic (exact) mass is 305 g/mol. The van der Waals surface area contributed by atoms with E-state index in [1.165, 1.54) is 13.2 Å². The van der Waals surface area contributed by atoms with Crippen LogP contribution in [0.2, 0.25) is 0 Å². The minimum absolute atomic E-state index is 0.168. The zero-order valence-electron chi connectivity index (χ0n) is 9.91. The molecular formula is C12H17BrFNO2. The SMILES string of the molecule is COCC(O)CNC(C)c1cc(Br)ccc1F. The summed E-state index contributed by atoms with van der Waals surface area (Å²) < 4.78 is 19.2. The van der Waals surface area contributed by atoms with Crippen LogP contribution >= 0.6 is 15.9 Å². The second-order valence-electron chi connectivity index (χ2n) is 3.90. The topological polar surface area (TPSA) is 41.5 Å². The van der Waals surface area contributed by atoms with E-state index < -0.39 is 6.10 Å². The highest BCUT2D eigenvalue weighted by Crippen LogP contribution is 2.21. The second kappa shape index (κ2) is 7.06. The van der Waals surface area contributed by atoms with E-state index in [1.54, 1.807) is 12.1 Å². The predicted molar refractivity (Wildman–Crippen MR) is 68.4 cm³/mol. The average molecular weight is 306 g/mol. The molecule has 1 rings (SSSR count). The van der Waals surface area contributed by atoms with E-state index >= 15 is 0 Å². The van der Waals surface area contributed by atoms with E-state index in [1.807, 2.05) is 6.92 Å². The Kier molecular flexibility index (Phi) is 6.05. The normalized spacial score (nSPS) is 14.6. The van der Waals surface area contributed by atoms with E-state index in [-0.39, 0.29) is 18.5 Å². The third-order valence-electron chi connectivity index (χ3n) is 2.44. The number of aliphatic hydroxyl groups excluding tert-OH is 1. The van der Waals surface area contributed by atoms with E-state index in [9.17, 15) is 9.50 Å². The fraction of sp³-hybridized carbons (Fsp3) is 0.500. The van der Waals surface area contributed by atoms with Crippen molar-refractivity contribution in [3.8, 4) is 0 Å². The molecule has 5 heteroatoms. The summed E-state index contributed by atoms with van der Waals surface area (Å²) in [6, 6.07) is 4.64. The molecule has 0 aliphatic carbocycles. The first-order chi connectivity index (χ1) is 8.04. The molecule has 1 aromatic carbocycles. The first kappa shape index (κ1) is 14.6. The first-order valence-corrected chi connectivity index (χ1v) is 6.19. The summed E-state index contributed by atoms with van der Waals surface area (Å²) in [6.45, 7) is 2.48. The molecule has 2 atom stereocenters. The van der Waals surface area contributed by atoms with Crippen molar-refractivity contribution in [3.63, 3.8) is 0 Å². The lowest BCUT2D eigenvalue weighted by atomic mass is 10.1. The van der Waals surface area contributed by atoms with Crippen LogP contribution in [-0.4, -0.2) is 31.5 Å². The lowest BCUT2D eigenvalue weighted by Gasteiger charge is -2.17. The summed E-state index contributed by atoms with van der Waals surface area (Å²) >= 11 is 3.31. The summed E-state index contributed by atoms with van der Waals surface area (Å²) in [7, 11) is 1.53. The number of hydrogen-bond donors (Lipinski definition) is 2. The molecule has 0 saturated heterocycles. The lowest BCUT2D eigenvalue weighted by Crippen LogP contribution is -2.32. The number of halogens is 2. The summed E-state index contributed by atoms with van der Waals surface area (Å²) in [5.41, 5.74) is 0.573. The molecule has 0 amide bonds.